The van der Waals surface area contributed by atoms with Crippen LogP contribution < -0.4 is 0 Å². The van der Waals surface area contributed by atoms with Crippen molar-refractivity contribution in [3.63, 3.8) is 0 Å². The first-order chi connectivity index (χ1) is 6.92. The molecule has 2 rings (SSSR count). The van der Waals surface area contributed by atoms with E-state index in [1.165, 1.54) is 12.5 Å². The third kappa shape index (κ3) is 1.72. The molecule has 0 aromatic heterocycles. The van der Waals surface area contributed by atoms with E-state index in [-0.39, 0.29) is 12.5 Å². The minimum Gasteiger partial charge on any atom is -0.457 e. The van der Waals surface area contributed by atoms with Gasteiger partial charge in [0, 0.05) is 11.5 Å². The van der Waals surface area contributed by atoms with Gasteiger partial charge in [0.05, 0.1) is 6.61 Å². The summed E-state index contributed by atoms with van der Waals surface area (Å²) >= 11 is 0. The number of hydrogen-bond donors (Lipinski definition) is 1. The number of aliphatic hydroxyl groups is 1. The topological polar surface area (TPSA) is 38.7 Å². The van der Waals surface area contributed by atoms with Crippen molar-refractivity contribution in [2.24, 2.45) is 5.92 Å². The van der Waals surface area contributed by atoms with Crippen LogP contribution in [0.25, 0.3) is 0 Å². The molecule has 3 nitrogen and oxygen atoms in total. The van der Waals surface area contributed by atoms with Gasteiger partial charge in [0.2, 0.25) is 6.26 Å². The highest BCUT2D eigenvalue weighted by molar-refractivity contribution is 5.35. The zero-order valence-corrected chi connectivity index (χ0v) is 7.64. The Kier molecular flexibility index (Phi) is 2.70. The molecule has 1 radical (unpaired) electrons. The number of rotatable bonds is 2. The molecule has 1 unspecified atom stereocenters. The Balaban J connectivity index is 2.18. The maximum absolute atomic E-state index is 9.17. The molecule has 1 heterocycles. The average Bonchev–Trinajstić information content (AvgIpc) is 2.30. The normalized spacial score (nSPS) is 24.8. The second kappa shape index (κ2) is 4.15. The molecule has 0 amide bonds. The number of ether oxygens (including phenoxy) is 2. The van der Waals surface area contributed by atoms with Crippen LogP contribution in [0.15, 0.2) is 42.1 Å². The third-order valence-electron chi connectivity index (χ3n) is 2.25. The van der Waals surface area contributed by atoms with Gasteiger partial charge in [-0.15, -0.1) is 0 Å². The first-order valence-electron chi connectivity index (χ1n) is 4.49. The molecule has 0 spiro atoms. The van der Waals surface area contributed by atoms with Crippen LogP contribution in [-0.4, -0.2) is 11.7 Å². The lowest BCUT2D eigenvalue weighted by atomic mass is 9.91. The molecule has 1 aliphatic carbocycles. The highest BCUT2D eigenvalue weighted by Gasteiger charge is 2.20. The Bertz CT molecular complexity index is 323. The van der Waals surface area contributed by atoms with Crippen molar-refractivity contribution in [1.29, 1.82) is 0 Å². The molecule has 0 fully saturated rings. The van der Waals surface area contributed by atoms with Gasteiger partial charge in [-0.05, 0) is 6.42 Å². The second-order valence-electron chi connectivity index (χ2n) is 3.12. The molecular weight excluding hydrogens is 180 g/mol. The SMILES string of the molecule is OCC1CC=CC=C1C1=CO[C]=CO1. The molecule has 2 aliphatic rings. The van der Waals surface area contributed by atoms with Crippen LogP contribution in [0.2, 0.25) is 0 Å². The predicted molar refractivity (Wildman–Crippen MR) is 50.5 cm³/mol. The average molecular weight is 191 g/mol. The third-order valence-corrected chi connectivity index (χ3v) is 2.25. The maximum Gasteiger partial charge on any atom is 0.207 e. The quantitative estimate of drug-likeness (QED) is 0.721. The molecule has 0 saturated carbocycles. The highest BCUT2D eigenvalue weighted by atomic mass is 16.5. The van der Waals surface area contributed by atoms with Crippen molar-refractivity contribution in [2.45, 2.75) is 6.42 Å². The van der Waals surface area contributed by atoms with Gasteiger partial charge in [-0.3, -0.25) is 0 Å². The van der Waals surface area contributed by atoms with Crippen molar-refractivity contribution in [3.05, 3.63) is 48.3 Å². The Morgan fingerprint density at radius 1 is 1.57 bits per heavy atom. The Morgan fingerprint density at radius 2 is 2.50 bits per heavy atom. The van der Waals surface area contributed by atoms with Crippen molar-refractivity contribution < 1.29 is 14.6 Å². The summed E-state index contributed by atoms with van der Waals surface area (Å²) in [6.07, 6.45) is 12.0. The summed E-state index contributed by atoms with van der Waals surface area (Å²) in [5.74, 6) is 0.744. The molecule has 0 saturated heterocycles. The maximum atomic E-state index is 9.17. The summed E-state index contributed by atoms with van der Waals surface area (Å²) in [6, 6.07) is 0. The van der Waals surface area contributed by atoms with E-state index in [1.807, 2.05) is 18.2 Å². The lowest BCUT2D eigenvalue weighted by molar-refractivity contribution is 0.218. The van der Waals surface area contributed by atoms with Gasteiger partial charge < -0.3 is 14.6 Å². The van der Waals surface area contributed by atoms with Gasteiger partial charge in [-0.2, -0.15) is 0 Å². The second-order valence-corrected chi connectivity index (χ2v) is 3.12. The largest absolute Gasteiger partial charge is 0.457 e. The van der Waals surface area contributed by atoms with Gasteiger partial charge in [-0.1, -0.05) is 18.2 Å². The molecule has 1 aliphatic heterocycles. The van der Waals surface area contributed by atoms with Crippen LogP contribution >= 0.6 is 0 Å². The smallest absolute Gasteiger partial charge is 0.207 e. The molecule has 0 aromatic carbocycles. The Labute approximate surface area is 82.6 Å². The standard InChI is InChI=1S/C11H11O3/c12-7-9-3-1-2-4-10(9)11-8-13-5-6-14-11/h1-2,4,6,8-9,12H,3,7H2. The first kappa shape index (κ1) is 9.09. The van der Waals surface area contributed by atoms with Crippen molar-refractivity contribution >= 4 is 0 Å². The van der Waals surface area contributed by atoms with E-state index in [0.29, 0.717) is 5.76 Å². The highest BCUT2D eigenvalue weighted by Crippen LogP contribution is 2.28. The van der Waals surface area contributed by atoms with Gasteiger partial charge in [0.25, 0.3) is 0 Å². The first-order valence-corrected chi connectivity index (χ1v) is 4.49. The fraction of sp³-hybridized carbons (Fsp3) is 0.273. The van der Waals surface area contributed by atoms with E-state index in [9.17, 15) is 0 Å². The zero-order valence-electron chi connectivity index (χ0n) is 7.64. The van der Waals surface area contributed by atoms with Crippen LogP contribution in [0.4, 0.5) is 0 Å². The van der Waals surface area contributed by atoms with Crippen LogP contribution in [0.3, 0.4) is 0 Å². The molecule has 0 aromatic rings. The van der Waals surface area contributed by atoms with E-state index in [4.69, 9.17) is 14.6 Å². The monoisotopic (exact) mass is 191 g/mol. The van der Waals surface area contributed by atoms with Gasteiger partial charge >= 0.3 is 0 Å². The van der Waals surface area contributed by atoms with Gasteiger partial charge in [0.15, 0.2) is 5.76 Å². The van der Waals surface area contributed by atoms with Crippen LogP contribution in [0.5, 0.6) is 0 Å². The lowest BCUT2D eigenvalue weighted by Gasteiger charge is -2.21. The number of hydrogen-bond acceptors (Lipinski definition) is 3. The minimum atomic E-state index is 0.0985. The van der Waals surface area contributed by atoms with Crippen molar-refractivity contribution in [3.8, 4) is 0 Å². The minimum absolute atomic E-state index is 0.0985. The summed E-state index contributed by atoms with van der Waals surface area (Å²) < 4.78 is 10.1. The predicted octanol–water partition coefficient (Wildman–Crippen LogP) is 1.64. The Hall–Kier alpha value is -1.48. The molecule has 73 valence electrons. The van der Waals surface area contributed by atoms with Crippen LogP contribution in [0.1, 0.15) is 6.42 Å². The van der Waals surface area contributed by atoms with E-state index >= 15 is 0 Å². The fourth-order valence-electron chi connectivity index (χ4n) is 1.50. The zero-order chi connectivity index (χ0) is 9.80. The molecule has 1 atom stereocenters. The number of allylic oxidation sites excluding steroid dienone is 4. The summed E-state index contributed by atoms with van der Waals surface area (Å²) in [6.45, 7) is 0.115. The molecule has 3 heteroatoms. The Morgan fingerprint density at radius 3 is 3.21 bits per heavy atom. The molecule has 1 N–H and O–H groups in total. The lowest BCUT2D eigenvalue weighted by Crippen LogP contribution is -2.14. The summed E-state index contributed by atoms with van der Waals surface area (Å²) in [5, 5.41) is 9.17. The molecule has 14 heavy (non-hydrogen) atoms. The van der Waals surface area contributed by atoms with Crippen molar-refractivity contribution in [2.75, 3.05) is 6.61 Å². The fourth-order valence-corrected chi connectivity index (χ4v) is 1.50. The molecule has 0 bridgehead atoms. The van der Waals surface area contributed by atoms with Crippen molar-refractivity contribution in [1.82, 2.24) is 0 Å². The number of aliphatic hydroxyl groups excluding tert-OH is 1. The summed E-state index contributed by atoms with van der Waals surface area (Å²) in [4.78, 5) is 0. The molecular formula is C11H11O3. The van der Waals surface area contributed by atoms with Gasteiger partial charge in [-0.25, -0.2) is 0 Å². The van der Waals surface area contributed by atoms with Crippen LogP contribution in [-0.2, 0) is 9.47 Å². The van der Waals surface area contributed by atoms with E-state index in [1.54, 1.807) is 0 Å². The summed E-state index contributed by atoms with van der Waals surface area (Å²) in [7, 11) is 0. The van der Waals surface area contributed by atoms with E-state index in [0.717, 1.165) is 12.0 Å². The summed E-state index contributed by atoms with van der Waals surface area (Å²) in [5.41, 5.74) is 0.966. The van der Waals surface area contributed by atoms with Crippen LogP contribution in [0, 0.1) is 12.2 Å². The van der Waals surface area contributed by atoms with E-state index < -0.39 is 0 Å². The van der Waals surface area contributed by atoms with Gasteiger partial charge in [0.1, 0.15) is 12.5 Å². The van der Waals surface area contributed by atoms with E-state index in [2.05, 4.69) is 6.26 Å².